The normalized spacial score (nSPS) is 23.7. The molecule has 0 radical (unpaired) electrons. The smallest absolute Gasteiger partial charge is 0.237 e. The van der Waals surface area contributed by atoms with Gasteiger partial charge >= 0.3 is 0 Å². The molecule has 3 heterocycles. The molecule has 7 nitrogen and oxygen atoms in total. The molecule has 3 atom stereocenters. The molecule has 0 spiro atoms. The van der Waals surface area contributed by atoms with Crippen molar-refractivity contribution in [3.8, 4) is 0 Å². The van der Waals surface area contributed by atoms with Crippen LogP contribution in [0, 0.1) is 25.7 Å². The highest BCUT2D eigenvalue weighted by Gasteiger charge is 2.49. The van der Waals surface area contributed by atoms with E-state index in [1.165, 1.54) is 11.1 Å². The molecule has 0 saturated carbocycles. The van der Waals surface area contributed by atoms with E-state index >= 15 is 0 Å². The predicted molar refractivity (Wildman–Crippen MR) is 115 cm³/mol. The Labute approximate surface area is 172 Å². The molecule has 1 aromatic heterocycles. The number of nitrogens with zero attached hydrogens (tertiary/aromatic N) is 5. The lowest BCUT2D eigenvalue weighted by Gasteiger charge is -2.32. The van der Waals surface area contributed by atoms with Crippen LogP contribution >= 0.6 is 0 Å². The van der Waals surface area contributed by atoms with Gasteiger partial charge in [0.15, 0.2) is 0 Å². The third-order valence-electron chi connectivity index (χ3n) is 6.21. The van der Waals surface area contributed by atoms with Crippen molar-refractivity contribution in [3.63, 3.8) is 0 Å². The van der Waals surface area contributed by atoms with Gasteiger partial charge < -0.3 is 20.4 Å². The number of hydrogen-bond donors (Lipinski definition) is 1. The molecule has 4 rings (SSSR count). The van der Waals surface area contributed by atoms with Crippen LogP contribution < -0.4 is 10.6 Å². The number of nitrogen functional groups attached to an aromatic ring is 1. The Kier molecular flexibility index (Phi) is 5.17. The fraction of sp³-hybridized carbons (Fsp3) is 0.500. The Balaban J connectivity index is 1.66. The lowest BCUT2D eigenvalue weighted by molar-refractivity contribution is -0.133. The van der Waals surface area contributed by atoms with E-state index in [1.807, 2.05) is 25.9 Å². The van der Waals surface area contributed by atoms with E-state index < -0.39 is 0 Å². The molecule has 2 fully saturated rings. The minimum absolute atomic E-state index is 0.0955. The first-order valence-electron chi connectivity index (χ1n) is 10.2. The summed E-state index contributed by atoms with van der Waals surface area (Å²) in [5.41, 5.74) is 9.38. The summed E-state index contributed by atoms with van der Waals surface area (Å²) >= 11 is 0. The second-order valence-corrected chi connectivity index (χ2v) is 8.65. The molecule has 2 saturated heterocycles. The topological polar surface area (TPSA) is 78.6 Å². The van der Waals surface area contributed by atoms with Crippen molar-refractivity contribution in [2.24, 2.45) is 11.8 Å². The van der Waals surface area contributed by atoms with Gasteiger partial charge in [0.1, 0.15) is 5.82 Å². The summed E-state index contributed by atoms with van der Waals surface area (Å²) in [6.07, 6.45) is 1.79. The minimum Gasteiger partial charge on any atom is -0.368 e. The Hall–Kier alpha value is -2.67. The van der Waals surface area contributed by atoms with Crippen LogP contribution in [-0.4, -0.2) is 65.9 Å². The van der Waals surface area contributed by atoms with E-state index in [0.717, 1.165) is 31.0 Å². The zero-order valence-electron chi connectivity index (χ0n) is 17.7. The molecule has 1 amide bonds. The zero-order valence-corrected chi connectivity index (χ0v) is 17.7. The third kappa shape index (κ3) is 3.67. The summed E-state index contributed by atoms with van der Waals surface area (Å²) < 4.78 is 0. The second kappa shape index (κ2) is 7.63. The second-order valence-electron chi connectivity index (χ2n) is 8.65. The molecule has 2 aliphatic heterocycles. The first-order chi connectivity index (χ1) is 13.8. The lowest BCUT2D eigenvalue weighted by atomic mass is 9.87. The van der Waals surface area contributed by atoms with E-state index in [9.17, 15) is 4.79 Å². The van der Waals surface area contributed by atoms with Crippen LogP contribution in [0.15, 0.2) is 30.5 Å². The highest BCUT2D eigenvalue weighted by atomic mass is 16.2. The van der Waals surface area contributed by atoms with Gasteiger partial charge in [0, 0.05) is 43.2 Å². The number of carbonyl (C=O) groups is 1. The summed E-state index contributed by atoms with van der Waals surface area (Å²) in [6, 6.07) is 8.55. The number of rotatable bonds is 4. The van der Waals surface area contributed by atoms with Gasteiger partial charge in [-0.1, -0.05) is 24.3 Å². The molecule has 29 heavy (non-hydrogen) atoms. The largest absolute Gasteiger partial charge is 0.368 e. The fourth-order valence-corrected chi connectivity index (χ4v) is 4.92. The van der Waals surface area contributed by atoms with Gasteiger partial charge in [-0.3, -0.25) is 4.79 Å². The molecule has 1 aromatic carbocycles. The lowest BCUT2D eigenvalue weighted by Crippen LogP contribution is -2.40. The molecule has 154 valence electrons. The maximum Gasteiger partial charge on any atom is 0.237 e. The molecular weight excluding hydrogens is 364 g/mol. The monoisotopic (exact) mass is 394 g/mol. The van der Waals surface area contributed by atoms with E-state index in [-0.39, 0.29) is 11.9 Å². The average Bonchev–Trinajstić information content (AvgIpc) is 3.22. The number of nitrogens with two attached hydrogens (primary N) is 1. The van der Waals surface area contributed by atoms with Gasteiger partial charge in [-0.05, 0) is 39.1 Å². The van der Waals surface area contributed by atoms with Crippen molar-refractivity contribution < 1.29 is 4.79 Å². The van der Waals surface area contributed by atoms with Crippen LogP contribution in [0.1, 0.15) is 22.7 Å². The number of hydrogen-bond acceptors (Lipinski definition) is 6. The molecule has 0 bridgehead atoms. The van der Waals surface area contributed by atoms with E-state index in [0.29, 0.717) is 24.3 Å². The van der Waals surface area contributed by atoms with Crippen molar-refractivity contribution in [1.82, 2.24) is 19.8 Å². The summed E-state index contributed by atoms with van der Waals surface area (Å²) in [4.78, 5) is 28.0. The van der Waals surface area contributed by atoms with Crippen LogP contribution in [0.3, 0.4) is 0 Å². The van der Waals surface area contributed by atoms with E-state index in [4.69, 9.17) is 5.73 Å². The Bertz CT molecular complexity index is 914. The first-order valence-corrected chi connectivity index (χ1v) is 10.2. The number of aryl methyl sites for hydroxylation is 2. The van der Waals surface area contributed by atoms with Crippen molar-refractivity contribution in [2.75, 3.05) is 50.9 Å². The molecule has 2 aromatic rings. The van der Waals surface area contributed by atoms with Crippen LogP contribution in [0.2, 0.25) is 0 Å². The van der Waals surface area contributed by atoms with Crippen LogP contribution in [0.25, 0.3) is 0 Å². The van der Waals surface area contributed by atoms with Crippen molar-refractivity contribution >= 4 is 17.7 Å². The average molecular weight is 395 g/mol. The SMILES string of the molecule is Cc1ccccc1[C@H]1[C@@H]2CN(c3nc(N)ncc3C)C[C@@H]2CN1C(=O)CN(C)C. The number of benzene rings is 1. The summed E-state index contributed by atoms with van der Waals surface area (Å²) in [5.74, 6) is 2.22. The van der Waals surface area contributed by atoms with Gasteiger partial charge in [-0.15, -0.1) is 0 Å². The fourth-order valence-electron chi connectivity index (χ4n) is 4.92. The molecule has 0 unspecified atom stereocenters. The Morgan fingerprint density at radius 1 is 1.17 bits per heavy atom. The van der Waals surface area contributed by atoms with Gasteiger partial charge in [-0.25, -0.2) is 4.98 Å². The predicted octanol–water partition coefficient (Wildman–Crippen LogP) is 1.87. The molecule has 0 aliphatic carbocycles. The number of carbonyl (C=O) groups excluding carboxylic acids is 1. The van der Waals surface area contributed by atoms with Crippen LogP contribution in [-0.2, 0) is 4.79 Å². The Morgan fingerprint density at radius 2 is 1.93 bits per heavy atom. The first kappa shape index (κ1) is 19.6. The number of anilines is 2. The minimum atomic E-state index is 0.0955. The summed E-state index contributed by atoms with van der Waals surface area (Å²) in [7, 11) is 3.89. The zero-order chi connectivity index (χ0) is 20.7. The van der Waals surface area contributed by atoms with Gasteiger partial charge in [-0.2, -0.15) is 4.98 Å². The number of likely N-dealkylation sites (N-methyl/N-ethyl adjacent to an activating group) is 1. The number of aromatic nitrogens is 2. The maximum atomic E-state index is 13.1. The van der Waals surface area contributed by atoms with Crippen molar-refractivity contribution in [3.05, 3.63) is 47.2 Å². The van der Waals surface area contributed by atoms with Gasteiger partial charge in [0.05, 0.1) is 12.6 Å². The number of amides is 1. The molecular formula is C22H30N6O. The van der Waals surface area contributed by atoms with Crippen LogP contribution in [0.4, 0.5) is 11.8 Å². The highest BCUT2D eigenvalue weighted by Crippen LogP contribution is 2.46. The summed E-state index contributed by atoms with van der Waals surface area (Å²) in [5, 5.41) is 0. The van der Waals surface area contributed by atoms with Crippen LogP contribution in [0.5, 0.6) is 0 Å². The van der Waals surface area contributed by atoms with E-state index in [1.54, 1.807) is 6.20 Å². The van der Waals surface area contributed by atoms with Crippen molar-refractivity contribution in [1.29, 1.82) is 0 Å². The van der Waals surface area contributed by atoms with E-state index in [2.05, 4.69) is 51.0 Å². The molecule has 2 N–H and O–H groups in total. The quantitative estimate of drug-likeness (QED) is 0.853. The molecule has 7 heteroatoms. The molecule has 2 aliphatic rings. The maximum absolute atomic E-state index is 13.1. The number of fused-ring (bicyclic) bond motifs is 1. The van der Waals surface area contributed by atoms with Gasteiger partial charge in [0.2, 0.25) is 11.9 Å². The summed E-state index contributed by atoms with van der Waals surface area (Å²) in [6.45, 7) is 7.14. The highest BCUT2D eigenvalue weighted by molar-refractivity contribution is 5.79. The third-order valence-corrected chi connectivity index (χ3v) is 6.21. The Morgan fingerprint density at radius 3 is 2.66 bits per heavy atom. The number of likely N-dealkylation sites (tertiary alicyclic amines) is 1. The van der Waals surface area contributed by atoms with Gasteiger partial charge in [0.25, 0.3) is 0 Å². The standard InChI is InChI=1S/C22H30N6O/c1-14-7-5-6-8-17(14)20-18-12-27(21-15(2)9-24-22(23)25-21)10-16(18)11-28(20)19(29)13-26(3)4/h5-9,16,18,20H,10-13H2,1-4H3,(H2,23,24,25)/t16-,18-,20+/m1/s1. The van der Waals surface area contributed by atoms with Crippen molar-refractivity contribution in [2.45, 2.75) is 19.9 Å².